The number of benzene rings is 6. The average Bonchev–Trinajstić information content (AvgIpc) is 0.745. The number of azo groups is 2. The lowest BCUT2D eigenvalue weighted by Crippen LogP contribution is -2.28. The van der Waals surface area contributed by atoms with E-state index in [9.17, 15) is 113 Å². The molecule has 41 nitrogen and oxygen atoms in total. The van der Waals surface area contributed by atoms with Crippen molar-refractivity contribution >= 4 is 183 Å². The Labute approximate surface area is 558 Å². The molecule has 0 radical (unpaired) electrons. The number of carbonyl (C=O) groups is 3. The molecule has 526 valence electrons. The summed E-state index contributed by atoms with van der Waals surface area (Å²) in [6.07, 6.45) is 0.997. The van der Waals surface area contributed by atoms with Gasteiger partial charge in [0.2, 0.25) is 11.6 Å². The monoisotopic (exact) mass is 1550 g/mol. The van der Waals surface area contributed by atoms with Gasteiger partial charge in [0.15, 0.2) is 31.1 Å². The second kappa shape index (κ2) is 27.7. The Balaban J connectivity index is 1.04. The molecule has 0 spiro atoms. The predicted octanol–water partition coefficient (Wildman–Crippen LogP) is 3.65. The molecule has 99 heavy (non-hydrogen) atoms. The first-order valence-electron chi connectivity index (χ1n) is 25.8. The third-order valence-corrected chi connectivity index (χ3v) is 21.7. The van der Waals surface area contributed by atoms with Gasteiger partial charge in [0, 0.05) is 11.3 Å². The lowest BCUT2D eigenvalue weighted by molar-refractivity contribution is 0.102. The molecule has 0 atom stereocenters. The van der Waals surface area contributed by atoms with Gasteiger partial charge in [-0.05, 0) is 126 Å². The summed E-state index contributed by atoms with van der Waals surface area (Å²) in [5, 5.41) is 24.7. The first-order chi connectivity index (χ1) is 45.5. The number of nitrogens with zero attached hydrogens (tertiary/aromatic N) is 6. The largest absolute Gasteiger partial charge is 0.397 e. The van der Waals surface area contributed by atoms with Crippen molar-refractivity contribution < 1.29 is 130 Å². The second-order valence-corrected chi connectivity index (χ2v) is 33.0. The van der Waals surface area contributed by atoms with Crippen LogP contribution in [-0.4, -0.2) is 161 Å². The molecule has 14 N–H and O–H groups in total. The zero-order valence-electron chi connectivity index (χ0n) is 48.3. The maximum atomic E-state index is 14.2. The van der Waals surface area contributed by atoms with Crippen molar-refractivity contribution in [2.24, 2.45) is 30.7 Å². The third kappa shape index (κ3) is 18.1. The number of hydrazone groups is 2. The number of amides is 1. The van der Waals surface area contributed by atoms with Gasteiger partial charge in [0.05, 0.1) is 79.8 Å². The molecule has 0 unspecified atom stereocenters. The minimum absolute atomic E-state index is 0.142. The summed E-state index contributed by atoms with van der Waals surface area (Å²) in [6, 6.07) is 15.5. The summed E-state index contributed by atoms with van der Waals surface area (Å²) in [6.45, 7) is -1.95. The number of fused-ring (bicyclic) bond motifs is 2. The lowest BCUT2D eigenvalue weighted by Gasteiger charge is -2.20. The second-order valence-electron chi connectivity index (χ2n) is 19.7. The summed E-state index contributed by atoms with van der Waals surface area (Å²) in [5.41, 5.74) is 5.64. The number of ketones is 2. The van der Waals surface area contributed by atoms with Crippen LogP contribution in [0.4, 0.5) is 51.2 Å². The maximum absolute atomic E-state index is 14.2. The highest BCUT2D eigenvalue weighted by Gasteiger charge is 2.39. The van der Waals surface area contributed by atoms with E-state index in [0.29, 0.717) is 30.4 Å². The van der Waals surface area contributed by atoms with Gasteiger partial charge in [-0.25, -0.2) is 25.2 Å². The Morgan fingerprint density at radius 1 is 0.434 bits per heavy atom. The van der Waals surface area contributed by atoms with Crippen LogP contribution >= 0.6 is 0 Å². The Morgan fingerprint density at radius 3 is 1.17 bits per heavy atom. The summed E-state index contributed by atoms with van der Waals surface area (Å²) in [5.74, 6) is -5.89. The van der Waals surface area contributed by atoms with Crippen molar-refractivity contribution in [3.05, 3.63) is 141 Å². The zero-order chi connectivity index (χ0) is 73.6. The summed E-state index contributed by atoms with van der Waals surface area (Å²) in [4.78, 5) is 35.0. The number of hydrogen-bond acceptors (Lipinski definition) is 33. The van der Waals surface area contributed by atoms with E-state index in [0.717, 1.165) is 84.9 Å². The number of sulfone groups is 2. The number of hydrogen-bond donors (Lipinski definition) is 12. The van der Waals surface area contributed by atoms with Gasteiger partial charge in [0.25, 0.3) is 56.5 Å². The van der Waals surface area contributed by atoms with E-state index in [4.69, 9.17) is 20.6 Å². The molecule has 50 heteroatoms. The van der Waals surface area contributed by atoms with Crippen molar-refractivity contribution in [1.29, 1.82) is 0 Å². The van der Waals surface area contributed by atoms with E-state index in [1.54, 1.807) is 0 Å². The molecule has 8 rings (SSSR count). The van der Waals surface area contributed by atoms with Crippen molar-refractivity contribution in [3.8, 4) is 0 Å². The Hall–Kier alpha value is -9.46. The fourth-order valence-corrected chi connectivity index (χ4v) is 14.9. The number of carbonyl (C=O) groups excluding carboxylic acids is 3. The van der Waals surface area contributed by atoms with Gasteiger partial charge in [-0.2, -0.15) is 79.4 Å². The molecule has 2 aliphatic rings. The van der Waals surface area contributed by atoms with Gasteiger partial charge < -0.3 is 16.8 Å². The number of rotatable bonds is 25. The van der Waals surface area contributed by atoms with E-state index in [1.165, 1.54) is 0 Å². The van der Waals surface area contributed by atoms with E-state index in [2.05, 4.69) is 49.8 Å². The average molecular weight is 1550 g/mol. The molecule has 1 amide bonds. The molecule has 2 aliphatic carbocycles. The number of nitrogens with one attached hydrogen (secondary N) is 3. The molecule has 0 saturated carbocycles. The van der Waals surface area contributed by atoms with Gasteiger partial charge in [-0.1, -0.05) is 0 Å². The third-order valence-electron chi connectivity index (χ3n) is 13.0. The fourth-order valence-electron chi connectivity index (χ4n) is 8.64. The molecule has 6 aromatic rings. The first kappa shape index (κ1) is 75.3. The molecular weight excluding hydrogens is 1510 g/mol. The normalized spacial score (nSPS) is 15.2. The smallest absolute Gasteiger partial charge is 0.396 e. The summed E-state index contributed by atoms with van der Waals surface area (Å²) < 4.78 is 297. The number of anilines is 5. The molecule has 0 aliphatic heterocycles. The molecule has 0 bridgehead atoms. The molecular formula is C49H41N11O30S9. The van der Waals surface area contributed by atoms with E-state index >= 15 is 0 Å². The predicted molar refractivity (Wildman–Crippen MR) is 342 cm³/mol. The summed E-state index contributed by atoms with van der Waals surface area (Å²) >= 11 is 0. The van der Waals surface area contributed by atoms with E-state index in [-0.39, 0.29) is 28.3 Å². The lowest BCUT2D eigenvalue weighted by atomic mass is 9.92. The Bertz CT molecular complexity index is 5750. The van der Waals surface area contributed by atoms with Crippen LogP contribution in [-0.2, 0) is 99.4 Å². The number of nitrogens with two attached hydrogens (primary N) is 2. The molecule has 0 fully saturated rings. The standard InChI is InChI=1S/C49H41N11O30S9/c50-41-39-25(19-35(94(71,72)73)43(41)57-53-28-5-10-31(11-6-28)91(64,65)17-15-89-98(83,84)85)21-37(96(77,78)79)45(47(39)61)59-55-27-3-1-24(2-4-27)49(63)52-30-9-14-34(93(68,69)70)33(23-30)56-60-46-38(97(80,81)82)22-26-20-36(95(74,75)76)44(42(51)40(26)48(46)62)58-54-29-7-12-32(13-8-29)92(66,67)18-16-90-99(86,87)88/h1-14,19-23,55-56H,15-18,50-51H2,(H,52,63)(H,68,69,70)(H,71,72,73)(H,74,75,76)(H,77,78,79)(H,80,81,82)(H,83,84,85)(H,86,87,88)/b57-53?,58-54?,59-45-,60-46-. The van der Waals surface area contributed by atoms with Crippen LogP contribution in [0.15, 0.2) is 168 Å². The molecule has 6 aromatic carbocycles. The Morgan fingerprint density at radius 2 is 0.808 bits per heavy atom. The van der Waals surface area contributed by atoms with E-state index in [1.807, 2.05) is 5.43 Å². The minimum atomic E-state index is -5.61. The van der Waals surface area contributed by atoms with Crippen LogP contribution in [0, 0.1) is 0 Å². The number of allylic oxidation sites excluding steroid dienone is 2. The Kier molecular flexibility index (Phi) is 21.1. The van der Waals surface area contributed by atoms with Gasteiger partial charge in [-0.3, -0.25) is 57.1 Å². The fraction of sp³-hybridized carbons (Fsp3) is 0.0816. The van der Waals surface area contributed by atoms with Crippen molar-refractivity contribution in [3.63, 3.8) is 0 Å². The number of nitrogen functional groups attached to an aromatic ring is 2. The van der Waals surface area contributed by atoms with Crippen LogP contribution in [0.3, 0.4) is 0 Å². The SMILES string of the molecule is Nc1c(N=Nc2ccc(S(=O)(=O)CCOS(=O)(=O)O)cc2)c(S(=O)(=O)O)cc2c1C(=O)/C(=N\Nc1ccc(C(=O)Nc3ccc(S(=O)(=O)O)c(N/N=C4\C(=O)c5c(cc(S(=O)(=O)O)c(N=Nc6ccc(S(=O)(=O)CCOS(=O)(=O)O)cc6)c5N)C=C4S(=O)(=O)O)c3)cc1)C(S(=O)(=O)O)=C2. The van der Waals surface area contributed by atoms with E-state index < -0.39 is 230 Å². The summed E-state index contributed by atoms with van der Waals surface area (Å²) in [7, 11) is -45.7. The van der Waals surface area contributed by atoms with Gasteiger partial charge in [0.1, 0.15) is 35.9 Å². The van der Waals surface area contributed by atoms with Crippen molar-refractivity contribution in [1.82, 2.24) is 0 Å². The maximum Gasteiger partial charge on any atom is 0.397 e. The zero-order valence-corrected chi connectivity index (χ0v) is 55.7. The van der Waals surface area contributed by atoms with Crippen molar-refractivity contribution in [2.45, 2.75) is 24.5 Å². The van der Waals surface area contributed by atoms with Gasteiger partial charge in [-0.15, -0.1) is 10.2 Å². The minimum Gasteiger partial charge on any atom is -0.396 e. The highest BCUT2D eigenvalue weighted by molar-refractivity contribution is 7.92. The van der Waals surface area contributed by atoms with Crippen LogP contribution < -0.4 is 27.6 Å². The highest BCUT2D eigenvalue weighted by Crippen LogP contribution is 2.43. The molecule has 0 saturated heterocycles. The quantitative estimate of drug-likeness (QED) is 0.0168. The molecule has 0 aromatic heterocycles. The topological polar surface area (TPSA) is 681 Å². The van der Waals surface area contributed by atoms with Crippen LogP contribution in [0.2, 0.25) is 0 Å². The van der Waals surface area contributed by atoms with Crippen LogP contribution in [0.1, 0.15) is 42.2 Å². The van der Waals surface area contributed by atoms with Crippen LogP contribution in [0.25, 0.3) is 12.2 Å². The number of Topliss-reactive ketones (excluding diaryl/α,β-unsaturated/α-hetero) is 2. The first-order valence-corrected chi connectivity index (χ1v) is 39.1. The van der Waals surface area contributed by atoms with Gasteiger partial charge >= 0.3 is 20.8 Å². The van der Waals surface area contributed by atoms with Crippen LogP contribution in [0.5, 0.6) is 0 Å². The molecule has 0 heterocycles. The van der Waals surface area contributed by atoms with Crippen molar-refractivity contribution in [2.75, 3.05) is 52.4 Å². The highest BCUT2D eigenvalue weighted by atomic mass is 32.3.